The summed E-state index contributed by atoms with van der Waals surface area (Å²) in [5, 5.41) is 3.18. The van der Waals surface area contributed by atoms with Crippen LogP contribution in [0, 0.1) is 0 Å². The minimum absolute atomic E-state index is 0. The Bertz CT molecular complexity index is 842. The summed E-state index contributed by atoms with van der Waals surface area (Å²) in [6.45, 7) is 2.42. The highest BCUT2D eigenvalue weighted by Gasteiger charge is 2.13. The van der Waals surface area contributed by atoms with Crippen molar-refractivity contribution in [2.24, 2.45) is 10.7 Å². The molecule has 1 heterocycles. The maximum atomic E-state index is 6.03. The summed E-state index contributed by atoms with van der Waals surface area (Å²) in [6, 6.07) is 12.5. The van der Waals surface area contributed by atoms with Crippen LogP contribution in [0.15, 0.2) is 41.4 Å². The van der Waals surface area contributed by atoms with Gasteiger partial charge in [0.1, 0.15) is 0 Å². The number of hydrogen-bond acceptors (Lipinski definition) is 4. The molecule has 0 saturated carbocycles. The lowest BCUT2D eigenvalue weighted by Crippen LogP contribution is -2.33. The van der Waals surface area contributed by atoms with Crippen molar-refractivity contribution >= 4 is 35.6 Å². The Morgan fingerprint density at radius 3 is 2.62 bits per heavy atom. The number of ether oxygens (including phenoxy) is 2. The molecule has 2 aromatic rings. The highest BCUT2D eigenvalue weighted by Crippen LogP contribution is 2.28. The lowest BCUT2D eigenvalue weighted by Gasteiger charge is -2.27. The molecule has 0 bridgehead atoms. The molecule has 0 saturated heterocycles. The van der Waals surface area contributed by atoms with E-state index in [0.717, 1.165) is 36.4 Å². The molecule has 1 aliphatic heterocycles. The van der Waals surface area contributed by atoms with Crippen LogP contribution in [0.2, 0.25) is 0 Å². The van der Waals surface area contributed by atoms with E-state index in [1.165, 1.54) is 23.2 Å². The molecule has 0 radical (unpaired) electrons. The summed E-state index contributed by atoms with van der Waals surface area (Å²) in [7, 11) is 5.43. The number of guanidine groups is 1. The molecule has 0 aliphatic carbocycles. The first-order valence-electron chi connectivity index (χ1n) is 9.68. The Morgan fingerprint density at radius 1 is 1.10 bits per heavy atom. The van der Waals surface area contributed by atoms with Crippen molar-refractivity contribution in [3.05, 3.63) is 53.1 Å². The van der Waals surface area contributed by atoms with Crippen LogP contribution in [0.25, 0.3) is 0 Å². The summed E-state index contributed by atoms with van der Waals surface area (Å²) < 4.78 is 10.6. The molecule has 7 heteroatoms. The van der Waals surface area contributed by atoms with Gasteiger partial charge in [0.2, 0.25) is 0 Å². The average Bonchev–Trinajstić information content (AvgIpc) is 2.72. The van der Waals surface area contributed by atoms with E-state index < -0.39 is 0 Å². The fraction of sp³-hybridized carbons (Fsp3) is 0.409. The number of rotatable bonds is 7. The number of nitrogens with one attached hydrogen (secondary N) is 1. The third kappa shape index (κ3) is 6.16. The van der Waals surface area contributed by atoms with Gasteiger partial charge in [-0.05, 0) is 54.2 Å². The first kappa shape index (κ1) is 23.1. The van der Waals surface area contributed by atoms with Crippen LogP contribution in [0.5, 0.6) is 11.5 Å². The number of hydrogen-bond donors (Lipinski definition) is 2. The second kappa shape index (κ2) is 11.1. The Kier molecular flexibility index (Phi) is 8.88. The van der Waals surface area contributed by atoms with E-state index in [0.29, 0.717) is 19.0 Å². The molecule has 29 heavy (non-hydrogen) atoms. The molecule has 0 unspecified atom stereocenters. The van der Waals surface area contributed by atoms with Crippen molar-refractivity contribution in [3.8, 4) is 11.5 Å². The Balaban J connectivity index is 0.00000300. The number of fused-ring (bicyclic) bond motifs is 1. The molecular weight excluding hydrogens is 479 g/mol. The van der Waals surface area contributed by atoms with Gasteiger partial charge < -0.3 is 25.4 Å². The number of aryl methyl sites for hydroxylation is 1. The van der Waals surface area contributed by atoms with E-state index in [1.807, 2.05) is 18.2 Å². The Morgan fingerprint density at radius 2 is 1.86 bits per heavy atom. The maximum absolute atomic E-state index is 6.03. The van der Waals surface area contributed by atoms with Gasteiger partial charge in [-0.1, -0.05) is 18.2 Å². The molecule has 0 fully saturated rings. The van der Waals surface area contributed by atoms with Crippen LogP contribution in [0.3, 0.4) is 0 Å². The number of anilines is 1. The molecular formula is C22H31IN4O2. The molecule has 2 aromatic carbocycles. The Hall–Kier alpha value is -2.16. The fourth-order valence-electron chi connectivity index (χ4n) is 3.54. The topological polar surface area (TPSA) is 72.1 Å². The van der Waals surface area contributed by atoms with Crippen molar-refractivity contribution in [1.82, 2.24) is 5.32 Å². The van der Waals surface area contributed by atoms with Gasteiger partial charge in [-0.2, -0.15) is 0 Å². The summed E-state index contributed by atoms with van der Waals surface area (Å²) in [4.78, 5) is 6.80. The van der Waals surface area contributed by atoms with E-state index in [4.69, 9.17) is 15.2 Å². The highest BCUT2D eigenvalue weighted by molar-refractivity contribution is 14.0. The van der Waals surface area contributed by atoms with Crippen LogP contribution < -0.4 is 25.4 Å². The van der Waals surface area contributed by atoms with Crippen LogP contribution in [-0.2, 0) is 19.4 Å². The molecule has 0 aromatic heterocycles. The molecule has 0 atom stereocenters. The van der Waals surface area contributed by atoms with Gasteiger partial charge >= 0.3 is 0 Å². The predicted octanol–water partition coefficient (Wildman–Crippen LogP) is 3.35. The zero-order chi connectivity index (χ0) is 19.9. The SMILES string of the molecule is COc1ccc(CCNC(N)=NCc2ccc3c(c2)CCCN3C)cc1OC.I. The molecule has 6 nitrogen and oxygen atoms in total. The lowest BCUT2D eigenvalue weighted by atomic mass is 10.00. The van der Waals surface area contributed by atoms with Crippen LogP contribution in [-0.4, -0.2) is 40.3 Å². The Labute approximate surface area is 190 Å². The third-order valence-electron chi connectivity index (χ3n) is 5.09. The second-order valence-corrected chi connectivity index (χ2v) is 7.06. The van der Waals surface area contributed by atoms with Crippen molar-refractivity contribution < 1.29 is 9.47 Å². The van der Waals surface area contributed by atoms with E-state index in [-0.39, 0.29) is 24.0 Å². The van der Waals surface area contributed by atoms with Gasteiger partial charge in [0.15, 0.2) is 17.5 Å². The standard InChI is InChI=1S/C22H30N4O2.HI/c1-26-12-4-5-18-13-17(6-8-19(18)26)15-25-22(23)24-11-10-16-7-9-20(27-2)21(14-16)28-3;/h6-9,13-14H,4-5,10-12,15H2,1-3H3,(H3,23,24,25);1H. The zero-order valence-corrected chi connectivity index (χ0v) is 19.7. The lowest BCUT2D eigenvalue weighted by molar-refractivity contribution is 0.354. The smallest absolute Gasteiger partial charge is 0.188 e. The quantitative estimate of drug-likeness (QED) is 0.340. The van der Waals surface area contributed by atoms with E-state index in [1.54, 1.807) is 14.2 Å². The van der Waals surface area contributed by atoms with Gasteiger partial charge in [-0.15, -0.1) is 24.0 Å². The monoisotopic (exact) mass is 510 g/mol. The summed E-state index contributed by atoms with van der Waals surface area (Å²) in [5.41, 5.74) is 11.1. The average molecular weight is 510 g/mol. The summed E-state index contributed by atoms with van der Waals surface area (Å²) in [5.74, 6) is 1.94. The summed E-state index contributed by atoms with van der Waals surface area (Å²) >= 11 is 0. The molecule has 3 N–H and O–H groups in total. The molecule has 0 amide bonds. The van der Waals surface area contributed by atoms with Gasteiger partial charge in [-0.3, -0.25) is 0 Å². The van der Waals surface area contributed by atoms with E-state index in [2.05, 4.69) is 40.5 Å². The first-order valence-corrected chi connectivity index (χ1v) is 9.68. The van der Waals surface area contributed by atoms with Crippen molar-refractivity contribution in [2.75, 3.05) is 39.3 Å². The largest absolute Gasteiger partial charge is 0.493 e. The van der Waals surface area contributed by atoms with Gasteiger partial charge in [0, 0.05) is 25.8 Å². The van der Waals surface area contributed by atoms with E-state index in [9.17, 15) is 0 Å². The number of aliphatic imine (C=N–C) groups is 1. The van der Waals surface area contributed by atoms with Gasteiger partial charge in [0.05, 0.1) is 20.8 Å². The molecule has 158 valence electrons. The fourth-order valence-corrected chi connectivity index (χ4v) is 3.54. The first-order chi connectivity index (χ1) is 13.6. The normalized spacial score (nSPS) is 13.3. The maximum Gasteiger partial charge on any atom is 0.188 e. The molecule has 0 spiro atoms. The van der Waals surface area contributed by atoms with Crippen molar-refractivity contribution in [3.63, 3.8) is 0 Å². The van der Waals surface area contributed by atoms with Crippen LogP contribution in [0.4, 0.5) is 5.69 Å². The van der Waals surface area contributed by atoms with Crippen molar-refractivity contribution in [2.45, 2.75) is 25.8 Å². The molecule has 1 aliphatic rings. The second-order valence-electron chi connectivity index (χ2n) is 7.06. The van der Waals surface area contributed by atoms with E-state index >= 15 is 0 Å². The summed E-state index contributed by atoms with van der Waals surface area (Å²) in [6.07, 6.45) is 3.16. The minimum Gasteiger partial charge on any atom is -0.493 e. The highest BCUT2D eigenvalue weighted by atomic mass is 127. The predicted molar refractivity (Wildman–Crippen MR) is 130 cm³/mol. The molecule has 3 rings (SSSR count). The van der Waals surface area contributed by atoms with Crippen LogP contribution in [0.1, 0.15) is 23.1 Å². The number of benzene rings is 2. The van der Waals surface area contributed by atoms with Crippen LogP contribution >= 0.6 is 24.0 Å². The number of nitrogens with zero attached hydrogens (tertiary/aromatic N) is 2. The minimum atomic E-state index is 0. The number of methoxy groups -OCH3 is 2. The van der Waals surface area contributed by atoms with Gasteiger partial charge in [0.25, 0.3) is 0 Å². The van der Waals surface area contributed by atoms with Crippen molar-refractivity contribution in [1.29, 1.82) is 0 Å². The number of halogens is 1. The number of nitrogens with two attached hydrogens (primary N) is 1. The van der Waals surface area contributed by atoms with Gasteiger partial charge in [-0.25, -0.2) is 4.99 Å². The zero-order valence-electron chi connectivity index (χ0n) is 17.4. The third-order valence-corrected chi connectivity index (χ3v) is 5.09.